The van der Waals surface area contributed by atoms with Gasteiger partial charge < -0.3 is 10.5 Å². The van der Waals surface area contributed by atoms with Crippen molar-refractivity contribution in [2.75, 3.05) is 0 Å². The number of nitrogens with zero attached hydrogens (tertiary/aromatic N) is 2. The predicted molar refractivity (Wildman–Crippen MR) is 82.7 cm³/mol. The molecule has 108 valence electrons. The van der Waals surface area contributed by atoms with Crippen molar-refractivity contribution in [2.45, 2.75) is 13.2 Å². The molecule has 5 nitrogen and oxygen atoms in total. The van der Waals surface area contributed by atoms with Crippen LogP contribution in [-0.4, -0.2) is 5.96 Å². The highest BCUT2D eigenvalue weighted by Crippen LogP contribution is 2.19. The van der Waals surface area contributed by atoms with E-state index >= 15 is 0 Å². The van der Waals surface area contributed by atoms with Crippen LogP contribution in [-0.2, 0) is 13.2 Å². The largest absolute Gasteiger partial charge is 0.489 e. The molecule has 0 aromatic heterocycles. The van der Waals surface area contributed by atoms with Crippen molar-refractivity contribution in [1.82, 2.24) is 0 Å². The van der Waals surface area contributed by atoms with Gasteiger partial charge in [-0.15, -0.1) is 5.11 Å². The van der Waals surface area contributed by atoms with Crippen LogP contribution in [0.5, 0.6) is 5.75 Å². The van der Waals surface area contributed by atoms with Gasteiger partial charge in [0.2, 0.25) is 5.96 Å². The molecule has 0 unspecified atom stereocenters. The monoisotopic (exact) mass is 302 g/mol. The van der Waals surface area contributed by atoms with Crippen molar-refractivity contribution < 1.29 is 4.74 Å². The van der Waals surface area contributed by atoms with Crippen molar-refractivity contribution in [1.29, 1.82) is 5.41 Å². The van der Waals surface area contributed by atoms with Gasteiger partial charge >= 0.3 is 0 Å². The van der Waals surface area contributed by atoms with E-state index in [0.717, 1.165) is 16.9 Å². The third kappa shape index (κ3) is 4.89. The number of nitrogens with one attached hydrogen (secondary N) is 1. The van der Waals surface area contributed by atoms with E-state index in [-0.39, 0.29) is 5.96 Å². The van der Waals surface area contributed by atoms with Crippen LogP contribution in [0.3, 0.4) is 0 Å². The first-order valence-corrected chi connectivity index (χ1v) is 6.69. The first-order valence-electron chi connectivity index (χ1n) is 6.32. The van der Waals surface area contributed by atoms with Crippen molar-refractivity contribution >= 4 is 17.6 Å². The molecule has 0 spiro atoms. The highest BCUT2D eigenvalue weighted by molar-refractivity contribution is 6.31. The molecule has 0 amide bonds. The zero-order valence-electron chi connectivity index (χ0n) is 11.3. The predicted octanol–water partition coefficient (Wildman–Crippen LogP) is 3.76. The number of guanidine groups is 1. The van der Waals surface area contributed by atoms with Crippen LogP contribution in [0.25, 0.3) is 0 Å². The van der Waals surface area contributed by atoms with E-state index in [4.69, 9.17) is 27.5 Å². The first kappa shape index (κ1) is 15.0. The molecule has 2 rings (SSSR count). The van der Waals surface area contributed by atoms with Crippen molar-refractivity contribution in [3.63, 3.8) is 0 Å². The molecule has 0 atom stereocenters. The molecule has 0 fully saturated rings. The van der Waals surface area contributed by atoms with Gasteiger partial charge in [0.1, 0.15) is 12.4 Å². The van der Waals surface area contributed by atoms with Crippen molar-refractivity contribution in [3.8, 4) is 5.75 Å². The maximum atomic E-state index is 6.96. The molecule has 21 heavy (non-hydrogen) atoms. The number of halogens is 1. The van der Waals surface area contributed by atoms with Crippen LogP contribution in [0.1, 0.15) is 11.1 Å². The van der Waals surface area contributed by atoms with Crippen LogP contribution in [0.2, 0.25) is 5.02 Å². The summed E-state index contributed by atoms with van der Waals surface area (Å²) >= 11 is 6.08. The van der Waals surface area contributed by atoms with Crippen LogP contribution in [0, 0.1) is 5.41 Å². The summed E-state index contributed by atoms with van der Waals surface area (Å²) in [6, 6.07) is 15.1. The van der Waals surface area contributed by atoms with E-state index in [1.165, 1.54) is 0 Å². The molecule has 0 aliphatic heterocycles. The molecule has 0 radical (unpaired) electrons. The summed E-state index contributed by atoms with van der Waals surface area (Å²) in [6.45, 7) is 0.751. The van der Waals surface area contributed by atoms with Gasteiger partial charge in [-0.1, -0.05) is 41.9 Å². The van der Waals surface area contributed by atoms with Crippen LogP contribution in [0.4, 0.5) is 0 Å². The zero-order valence-corrected chi connectivity index (χ0v) is 12.0. The second-order valence-electron chi connectivity index (χ2n) is 4.31. The quantitative estimate of drug-likeness (QED) is 0.500. The Morgan fingerprint density at radius 2 is 2.00 bits per heavy atom. The summed E-state index contributed by atoms with van der Waals surface area (Å²) < 4.78 is 5.72. The number of nitrogens with two attached hydrogens (primary N) is 1. The van der Waals surface area contributed by atoms with Gasteiger partial charge in [0.15, 0.2) is 0 Å². The van der Waals surface area contributed by atoms with Crippen LogP contribution >= 0.6 is 11.6 Å². The van der Waals surface area contributed by atoms with E-state index in [1.54, 1.807) is 0 Å². The maximum Gasteiger partial charge on any atom is 0.232 e. The van der Waals surface area contributed by atoms with E-state index < -0.39 is 0 Å². The molecule has 0 aliphatic carbocycles. The van der Waals surface area contributed by atoms with Crippen molar-refractivity contribution in [3.05, 3.63) is 64.7 Å². The first-order chi connectivity index (χ1) is 10.1. The highest BCUT2D eigenvalue weighted by atomic mass is 35.5. The topological polar surface area (TPSA) is 83.8 Å². The molecule has 6 heteroatoms. The van der Waals surface area contributed by atoms with E-state index in [0.29, 0.717) is 18.2 Å². The molecular weight excluding hydrogens is 288 g/mol. The Hall–Kier alpha value is -2.40. The Balaban J connectivity index is 1.98. The third-order valence-corrected chi connectivity index (χ3v) is 3.05. The van der Waals surface area contributed by atoms with Gasteiger partial charge in [0, 0.05) is 10.6 Å². The number of ether oxygens (including phenoxy) is 1. The highest BCUT2D eigenvalue weighted by Gasteiger charge is 2.01. The summed E-state index contributed by atoms with van der Waals surface area (Å²) in [5.74, 6) is 0.423. The smallest absolute Gasteiger partial charge is 0.232 e. The minimum atomic E-state index is -0.305. The minimum absolute atomic E-state index is 0.305. The molecule has 2 aromatic carbocycles. The van der Waals surface area contributed by atoms with Gasteiger partial charge in [0.25, 0.3) is 0 Å². The van der Waals surface area contributed by atoms with E-state index in [1.807, 2.05) is 48.5 Å². The molecule has 0 bridgehead atoms. The Morgan fingerprint density at radius 1 is 1.19 bits per heavy atom. The Morgan fingerprint density at radius 3 is 2.76 bits per heavy atom. The van der Waals surface area contributed by atoms with Gasteiger partial charge in [0.05, 0.1) is 6.54 Å². The molecule has 0 saturated heterocycles. The van der Waals surface area contributed by atoms with Crippen molar-refractivity contribution in [2.24, 2.45) is 16.0 Å². The van der Waals surface area contributed by atoms with Gasteiger partial charge in [-0.25, -0.2) is 0 Å². The molecule has 3 N–H and O–H groups in total. The average Bonchev–Trinajstić information content (AvgIpc) is 2.46. The molecular formula is C15H15ClN4O. The maximum absolute atomic E-state index is 6.96. The number of hydrogen-bond acceptors (Lipinski definition) is 3. The fourth-order valence-electron chi connectivity index (χ4n) is 1.70. The lowest BCUT2D eigenvalue weighted by Gasteiger charge is -2.08. The number of hydrogen-bond donors (Lipinski definition) is 2. The summed E-state index contributed by atoms with van der Waals surface area (Å²) in [4.78, 5) is 0. The van der Waals surface area contributed by atoms with Crippen LogP contribution in [0.15, 0.2) is 58.8 Å². The Bertz CT molecular complexity index is 658. The molecule has 0 aliphatic rings. The molecule has 0 heterocycles. The number of benzene rings is 2. The Labute approximate surface area is 127 Å². The van der Waals surface area contributed by atoms with Gasteiger partial charge in [-0.05, 0) is 23.8 Å². The normalized spacial score (nSPS) is 10.7. The summed E-state index contributed by atoms with van der Waals surface area (Å²) in [6.07, 6.45) is 0. The second kappa shape index (κ2) is 7.40. The lowest BCUT2D eigenvalue weighted by molar-refractivity contribution is 0.306. The standard InChI is InChI=1S/C15H15ClN4O/c16-14-7-2-1-5-12(14)10-21-13-6-3-4-11(8-13)9-19-20-15(17)18/h1-8H,9-10H2,(H3,17,18). The fraction of sp³-hybridized carbons (Fsp3) is 0.133. The lowest BCUT2D eigenvalue weighted by atomic mass is 10.2. The molecule has 2 aromatic rings. The van der Waals surface area contributed by atoms with Gasteiger partial charge in [-0.3, -0.25) is 5.41 Å². The van der Waals surface area contributed by atoms with E-state index in [2.05, 4.69) is 10.2 Å². The number of azo groups is 1. The fourth-order valence-corrected chi connectivity index (χ4v) is 1.89. The van der Waals surface area contributed by atoms with Crippen LogP contribution < -0.4 is 10.5 Å². The zero-order chi connectivity index (χ0) is 15.1. The average molecular weight is 303 g/mol. The number of rotatable bonds is 5. The summed E-state index contributed by atoms with van der Waals surface area (Å²) in [5.41, 5.74) is 6.96. The third-order valence-electron chi connectivity index (χ3n) is 2.68. The second-order valence-corrected chi connectivity index (χ2v) is 4.72. The lowest BCUT2D eigenvalue weighted by Crippen LogP contribution is -2.03. The summed E-state index contributed by atoms with van der Waals surface area (Å²) in [5, 5.41) is 14.9. The summed E-state index contributed by atoms with van der Waals surface area (Å²) in [7, 11) is 0. The minimum Gasteiger partial charge on any atom is -0.489 e. The SMILES string of the molecule is N=C(N)N=NCc1cccc(OCc2ccccc2Cl)c1. The van der Waals surface area contributed by atoms with Gasteiger partial charge in [-0.2, -0.15) is 5.11 Å². The molecule has 0 saturated carbocycles. The van der Waals surface area contributed by atoms with E-state index in [9.17, 15) is 0 Å². The Kier molecular flexibility index (Phi) is 5.29.